The first-order chi connectivity index (χ1) is 14.8. The van der Waals surface area contributed by atoms with E-state index in [-0.39, 0.29) is 24.8 Å². The number of aliphatic imine (C=N–C) groups is 1. The Bertz CT molecular complexity index is 1100. The van der Waals surface area contributed by atoms with Gasteiger partial charge in [0, 0.05) is 13.6 Å². The van der Waals surface area contributed by atoms with Crippen molar-refractivity contribution in [3.63, 3.8) is 0 Å². The fourth-order valence-electron chi connectivity index (χ4n) is 2.62. The number of halogens is 3. The molecule has 7 nitrogen and oxygen atoms in total. The van der Waals surface area contributed by atoms with Crippen LogP contribution in [-0.2, 0) is 19.1 Å². The Balaban J connectivity index is 1.87. The van der Waals surface area contributed by atoms with Crippen LogP contribution in [0.5, 0.6) is 11.5 Å². The minimum Gasteiger partial charge on any atom is -0.493 e. The van der Waals surface area contributed by atoms with Crippen molar-refractivity contribution in [3.8, 4) is 11.5 Å². The number of carbonyl (C=O) groups is 2. The monoisotopic (exact) mass is 711 g/mol. The Kier molecular flexibility index (Phi) is 8.33. The largest absolute Gasteiger partial charge is 0.493 e. The SMILES string of the molecule is CCOC(=O)COc1c(I)cc(/C=C2\N=C(c3ccc(I)c(Br)c3)OC2=O)cc1OC. The van der Waals surface area contributed by atoms with Crippen LogP contribution in [0.25, 0.3) is 6.08 Å². The number of ether oxygens (including phenoxy) is 4. The third-order valence-corrected chi connectivity index (χ3v) is 7.12. The summed E-state index contributed by atoms with van der Waals surface area (Å²) < 4.78 is 23.8. The van der Waals surface area contributed by atoms with Gasteiger partial charge in [-0.15, -0.1) is 0 Å². The summed E-state index contributed by atoms with van der Waals surface area (Å²) in [5.41, 5.74) is 1.53. The molecule has 162 valence electrons. The molecule has 0 unspecified atom stereocenters. The lowest BCUT2D eigenvalue weighted by Gasteiger charge is -2.13. The van der Waals surface area contributed by atoms with Crippen LogP contribution in [0.2, 0.25) is 0 Å². The highest BCUT2D eigenvalue weighted by Crippen LogP contribution is 2.35. The molecule has 3 rings (SSSR count). The topological polar surface area (TPSA) is 83.4 Å². The predicted molar refractivity (Wildman–Crippen MR) is 135 cm³/mol. The highest BCUT2D eigenvalue weighted by atomic mass is 127. The van der Waals surface area contributed by atoms with Crippen molar-refractivity contribution in [1.29, 1.82) is 0 Å². The van der Waals surface area contributed by atoms with E-state index in [1.54, 1.807) is 25.1 Å². The molecule has 0 fully saturated rings. The zero-order valence-corrected chi connectivity index (χ0v) is 22.3. The zero-order chi connectivity index (χ0) is 22.5. The van der Waals surface area contributed by atoms with Gasteiger partial charge in [0.2, 0.25) is 5.90 Å². The van der Waals surface area contributed by atoms with Crippen molar-refractivity contribution in [1.82, 2.24) is 0 Å². The standard InChI is InChI=1S/C21H16BrI2NO6/c1-3-29-18(26)10-30-19-15(24)6-11(8-17(19)28-2)7-16-21(27)31-20(25-16)12-4-5-14(23)13(22)9-12/h4-9H,3,10H2,1-2H3/b16-7-. The molecule has 0 saturated heterocycles. The average Bonchev–Trinajstić information content (AvgIpc) is 3.09. The molecule has 0 atom stereocenters. The minimum absolute atomic E-state index is 0.169. The Morgan fingerprint density at radius 3 is 2.68 bits per heavy atom. The van der Waals surface area contributed by atoms with Crippen molar-refractivity contribution < 1.29 is 28.5 Å². The van der Waals surface area contributed by atoms with E-state index in [1.165, 1.54) is 7.11 Å². The summed E-state index contributed by atoms with van der Waals surface area (Å²) >= 11 is 7.73. The van der Waals surface area contributed by atoms with Crippen LogP contribution in [0.3, 0.4) is 0 Å². The van der Waals surface area contributed by atoms with E-state index in [1.807, 2.05) is 18.2 Å². The van der Waals surface area contributed by atoms with E-state index >= 15 is 0 Å². The van der Waals surface area contributed by atoms with Crippen molar-refractivity contribution in [2.24, 2.45) is 4.99 Å². The number of esters is 2. The molecule has 0 amide bonds. The smallest absolute Gasteiger partial charge is 0.363 e. The Labute approximate surface area is 214 Å². The van der Waals surface area contributed by atoms with E-state index in [4.69, 9.17) is 18.9 Å². The summed E-state index contributed by atoms with van der Waals surface area (Å²) in [5.74, 6) is 0.0652. The van der Waals surface area contributed by atoms with Crippen LogP contribution in [0.15, 0.2) is 45.5 Å². The maximum atomic E-state index is 12.3. The molecule has 0 bridgehead atoms. The third kappa shape index (κ3) is 5.98. The molecule has 10 heteroatoms. The lowest BCUT2D eigenvalue weighted by Crippen LogP contribution is -2.15. The Hall–Kier alpha value is -1.67. The first kappa shape index (κ1) is 24.0. The molecule has 1 heterocycles. The van der Waals surface area contributed by atoms with Gasteiger partial charge in [0.05, 0.1) is 17.3 Å². The third-order valence-electron chi connectivity index (χ3n) is 3.98. The number of carbonyl (C=O) groups excluding carboxylic acids is 2. The van der Waals surface area contributed by atoms with Gasteiger partial charge in [-0.3, -0.25) is 0 Å². The van der Waals surface area contributed by atoms with Crippen LogP contribution in [0.4, 0.5) is 0 Å². The Morgan fingerprint density at radius 2 is 2.00 bits per heavy atom. The van der Waals surface area contributed by atoms with Gasteiger partial charge in [0.15, 0.2) is 23.8 Å². The van der Waals surface area contributed by atoms with Gasteiger partial charge >= 0.3 is 11.9 Å². The molecule has 1 aliphatic rings. The molecule has 0 saturated carbocycles. The summed E-state index contributed by atoms with van der Waals surface area (Å²) in [6.07, 6.45) is 1.61. The van der Waals surface area contributed by atoms with Gasteiger partial charge in [-0.1, -0.05) is 0 Å². The molecule has 0 aromatic heterocycles. The number of methoxy groups -OCH3 is 1. The molecule has 0 aliphatic carbocycles. The molecular formula is C21H16BrI2NO6. The maximum absolute atomic E-state index is 12.3. The minimum atomic E-state index is -0.540. The quantitative estimate of drug-likeness (QED) is 0.230. The van der Waals surface area contributed by atoms with Crippen molar-refractivity contribution in [2.75, 3.05) is 20.3 Å². The van der Waals surface area contributed by atoms with E-state index in [9.17, 15) is 9.59 Å². The lowest BCUT2D eigenvalue weighted by atomic mass is 10.1. The van der Waals surface area contributed by atoms with Gasteiger partial charge in [-0.2, -0.15) is 0 Å². The normalized spacial score (nSPS) is 14.3. The van der Waals surface area contributed by atoms with Crippen LogP contribution in [0.1, 0.15) is 18.1 Å². The van der Waals surface area contributed by atoms with E-state index in [0.717, 1.165) is 8.04 Å². The maximum Gasteiger partial charge on any atom is 0.363 e. The molecule has 31 heavy (non-hydrogen) atoms. The van der Waals surface area contributed by atoms with E-state index < -0.39 is 11.9 Å². The first-order valence-electron chi connectivity index (χ1n) is 8.96. The number of hydrogen-bond donors (Lipinski definition) is 0. The molecule has 2 aromatic carbocycles. The second-order valence-electron chi connectivity index (χ2n) is 6.09. The van der Waals surface area contributed by atoms with Gasteiger partial charge in [0.25, 0.3) is 0 Å². The van der Waals surface area contributed by atoms with Gasteiger partial charge in [0.1, 0.15) is 0 Å². The number of rotatable bonds is 7. The van der Waals surface area contributed by atoms with Crippen LogP contribution >= 0.6 is 61.1 Å². The van der Waals surface area contributed by atoms with Crippen LogP contribution in [0, 0.1) is 7.14 Å². The van der Waals surface area contributed by atoms with Gasteiger partial charge in [-0.05, 0) is 110 Å². The van der Waals surface area contributed by atoms with Crippen LogP contribution < -0.4 is 9.47 Å². The number of hydrogen-bond acceptors (Lipinski definition) is 7. The summed E-state index contributed by atoms with van der Waals surface area (Å²) in [4.78, 5) is 28.3. The number of benzene rings is 2. The number of cyclic esters (lactones) is 1. The first-order valence-corrected chi connectivity index (χ1v) is 11.9. The van der Waals surface area contributed by atoms with Crippen molar-refractivity contribution in [2.45, 2.75) is 6.92 Å². The summed E-state index contributed by atoms with van der Waals surface area (Å²) in [5, 5.41) is 0. The second kappa shape index (κ2) is 10.8. The number of nitrogens with zero attached hydrogens (tertiary/aromatic N) is 1. The predicted octanol–water partition coefficient (Wildman–Crippen LogP) is 4.95. The lowest BCUT2D eigenvalue weighted by molar-refractivity contribution is -0.145. The highest BCUT2D eigenvalue weighted by molar-refractivity contribution is 14.1. The fourth-order valence-corrected chi connectivity index (χ4v) is 4.11. The molecular weight excluding hydrogens is 696 g/mol. The van der Waals surface area contributed by atoms with Crippen molar-refractivity contribution >= 4 is 85.0 Å². The average molecular weight is 712 g/mol. The fraction of sp³-hybridized carbons (Fsp3) is 0.190. The summed E-state index contributed by atoms with van der Waals surface area (Å²) in [6.45, 7) is 1.77. The Morgan fingerprint density at radius 1 is 1.23 bits per heavy atom. The second-order valence-corrected chi connectivity index (χ2v) is 9.27. The molecule has 1 aliphatic heterocycles. The van der Waals surface area contributed by atoms with E-state index in [0.29, 0.717) is 26.2 Å². The van der Waals surface area contributed by atoms with Crippen molar-refractivity contribution in [3.05, 3.63) is 58.8 Å². The van der Waals surface area contributed by atoms with Crippen LogP contribution in [-0.4, -0.2) is 38.2 Å². The zero-order valence-electron chi connectivity index (χ0n) is 16.4. The van der Waals surface area contributed by atoms with Gasteiger partial charge < -0.3 is 18.9 Å². The molecule has 0 spiro atoms. The molecule has 0 radical (unpaired) electrons. The molecule has 2 aromatic rings. The summed E-state index contributed by atoms with van der Waals surface area (Å²) in [7, 11) is 1.49. The van der Waals surface area contributed by atoms with Gasteiger partial charge in [-0.25, -0.2) is 14.6 Å². The highest BCUT2D eigenvalue weighted by Gasteiger charge is 2.25. The van der Waals surface area contributed by atoms with E-state index in [2.05, 4.69) is 66.1 Å². The molecule has 0 N–H and O–H groups in total. The summed E-state index contributed by atoms with van der Waals surface area (Å²) in [6, 6.07) is 9.07.